The van der Waals surface area contributed by atoms with Crippen molar-refractivity contribution in [3.63, 3.8) is 0 Å². The van der Waals surface area contributed by atoms with Crippen LogP contribution < -0.4 is 5.32 Å². The van der Waals surface area contributed by atoms with Crippen molar-refractivity contribution in [2.24, 2.45) is 0 Å². The monoisotopic (exact) mass is 231 g/mol. The zero-order valence-corrected chi connectivity index (χ0v) is 9.23. The van der Waals surface area contributed by atoms with E-state index in [1.54, 1.807) is 6.92 Å². The quantitative estimate of drug-likeness (QED) is 0.532. The smallest absolute Gasteiger partial charge is 0.326 e. The molecular weight excluding hydrogens is 214 g/mol. The van der Waals surface area contributed by atoms with E-state index in [1.165, 1.54) is 0 Å². The number of aliphatic hydroxyl groups is 1. The van der Waals surface area contributed by atoms with Gasteiger partial charge in [0.1, 0.15) is 11.8 Å². The first kappa shape index (κ1) is 14.6. The average Bonchev–Trinajstić information content (AvgIpc) is 2.25. The molecule has 3 N–H and O–H groups in total. The van der Waals surface area contributed by atoms with Gasteiger partial charge in [-0.15, -0.1) is 0 Å². The number of ketones is 1. The van der Waals surface area contributed by atoms with Crippen LogP contribution in [0.2, 0.25) is 0 Å². The van der Waals surface area contributed by atoms with Gasteiger partial charge in [-0.25, -0.2) is 4.79 Å². The molecule has 0 heterocycles. The second kappa shape index (κ2) is 7.81. The van der Waals surface area contributed by atoms with Crippen LogP contribution in [0.4, 0.5) is 0 Å². The Morgan fingerprint density at radius 2 is 1.88 bits per heavy atom. The van der Waals surface area contributed by atoms with Crippen LogP contribution in [0, 0.1) is 0 Å². The molecule has 0 aliphatic heterocycles. The third kappa shape index (κ3) is 6.13. The van der Waals surface area contributed by atoms with Gasteiger partial charge in [0.15, 0.2) is 0 Å². The maximum Gasteiger partial charge on any atom is 0.326 e. The summed E-state index contributed by atoms with van der Waals surface area (Å²) in [6, 6.07) is -1.09. The van der Waals surface area contributed by atoms with E-state index in [0.717, 1.165) is 0 Å². The van der Waals surface area contributed by atoms with E-state index in [1.807, 2.05) is 0 Å². The molecule has 0 fully saturated rings. The van der Waals surface area contributed by atoms with Crippen molar-refractivity contribution in [1.29, 1.82) is 0 Å². The maximum atomic E-state index is 11.2. The summed E-state index contributed by atoms with van der Waals surface area (Å²) in [6.07, 6.45) is 0.435. The van der Waals surface area contributed by atoms with Crippen LogP contribution in [-0.4, -0.2) is 40.5 Å². The van der Waals surface area contributed by atoms with Crippen LogP contribution >= 0.6 is 0 Å². The first-order chi connectivity index (χ1) is 7.51. The molecule has 1 atom stereocenters. The molecule has 0 radical (unpaired) electrons. The second-order valence-corrected chi connectivity index (χ2v) is 3.36. The Bertz CT molecular complexity index is 264. The van der Waals surface area contributed by atoms with Crippen molar-refractivity contribution >= 4 is 17.7 Å². The van der Waals surface area contributed by atoms with Crippen molar-refractivity contribution in [2.45, 2.75) is 38.6 Å². The fourth-order valence-electron chi connectivity index (χ4n) is 1.08. The Morgan fingerprint density at radius 3 is 2.31 bits per heavy atom. The van der Waals surface area contributed by atoms with Gasteiger partial charge in [0.05, 0.1) is 0 Å². The lowest BCUT2D eigenvalue weighted by Gasteiger charge is -2.12. The predicted octanol–water partition coefficient (Wildman–Crippen LogP) is -0.302. The fraction of sp³-hybridized carbons (Fsp3) is 0.700. The van der Waals surface area contributed by atoms with Crippen molar-refractivity contribution in [2.75, 3.05) is 6.61 Å². The topological polar surface area (TPSA) is 104 Å². The van der Waals surface area contributed by atoms with Crippen molar-refractivity contribution in [3.05, 3.63) is 0 Å². The number of rotatable bonds is 8. The third-order valence-electron chi connectivity index (χ3n) is 2.08. The van der Waals surface area contributed by atoms with E-state index >= 15 is 0 Å². The van der Waals surface area contributed by atoms with Gasteiger partial charge in [-0.05, 0) is 0 Å². The lowest BCUT2D eigenvalue weighted by Crippen LogP contribution is -2.41. The Kier molecular flexibility index (Phi) is 7.11. The Labute approximate surface area is 93.6 Å². The van der Waals surface area contributed by atoms with Crippen LogP contribution in [0.25, 0.3) is 0 Å². The summed E-state index contributed by atoms with van der Waals surface area (Å²) in [5, 5.41) is 19.5. The number of aliphatic carboxylic acids is 1. The van der Waals surface area contributed by atoms with E-state index in [-0.39, 0.29) is 31.7 Å². The Hall–Kier alpha value is -1.43. The third-order valence-corrected chi connectivity index (χ3v) is 2.08. The minimum atomic E-state index is -1.19. The molecule has 0 saturated heterocycles. The van der Waals surface area contributed by atoms with Crippen molar-refractivity contribution in [3.8, 4) is 0 Å². The van der Waals surface area contributed by atoms with E-state index in [2.05, 4.69) is 5.32 Å². The van der Waals surface area contributed by atoms with Crippen molar-refractivity contribution in [1.82, 2.24) is 5.32 Å². The van der Waals surface area contributed by atoms with Crippen LogP contribution in [0.5, 0.6) is 0 Å². The molecule has 0 aromatic carbocycles. The summed E-state index contributed by atoms with van der Waals surface area (Å²) in [5.41, 5.74) is 0. The van der Waals surface area contributed by atoms with Crippen LogP contribution in [0.3, 0.4) is 0 Å². The molecule has 0 bridgehead atoms. The molecule has 0 saturated carbocycles. The van der Waals surface area contributed by atoms with E-state index in [0.29, 0.717) is 6.42 Å². The summed E-state index contributed by atoms with van der Waals surface area (Å²) >= 11 is 0. The lowest BCUT2D eigenvalue weighted by atomic mass is 10.1. The molecule has 0 aliphatic rings. The Morgan fingerprint density at radius 1 is 1.25 bits per heavy atom. The van der Waals surface area contributed by atoms with E-state index in [9.17, 15) is 14.4 Å². The molecular formula is C10H17NO5. The standard InChI is InChI=1S/C10H17NO5/c1-2-7(13)3-4-9(14)11-8(5-6-12)10(15)16/h8,12H,2-6H2,1H3,(H,11,14)(H,15,16)/t8-/m0/s1. The highest BCUT2D eigenvalue weighted by atomic mass is 16.4. The number of carboxylic acids is 1. The van der Waals surface area contributed by atoms with Gasteiger partial charge in [0, 0.05) is 32.3 Å². The number of Topliss-reactive ketones (excluding diaryl/α,β-unsaturated/α-hetero) is 1. The fourth-order valence-corrected chi connectivity index (χ4v) is 1.08. The average molecular weight is 231 g/mol. The van der Waals surface area contributed by atoms with Crippen LogP contribution in [0.15, 0.2) is 0 Å². The zero-order chi connectivity index (χ0) is 12.6. The highest BCUT2D eigenvalue weighted by Gasteiger charge is 2.19. The number of amides is 1. The van der Waals surface area contributed by atoms with Gasteiger partial charge in [-0.2, -0.15) is 0 Å². The van der Waals surface area contributed by atoms with Crippen LogP contribution in [0.1, 0.15) is 32.6 Å². The minimum Gasteiger partial charge on any atom is -0.480 e. The first-order valence-electron chi connectivity index (χ1n) is 5.16. The molecule has 16 heavy (non-hydrogen) atoms. The van der Waals surface area contributed by atoms with Crippen LogP contribution in [-0.2, 0) is 14.4 Å². The lowest BCUT2D eigenvalue weighted by molar-refractivity contribution is -0.142. The number of carbonyl (C=O) groups excluding carboxylic acids is 2. The van der Waals surface area contributed by atoms with Crippen molar-refractivity contribution < 1.29 is 24.6 Å². The highest BCUT2D eigenvalue weighted by Crippen LogP contribution is 1.97. The molecule has 0 aromatic heterocycles. The molecule has 92 valence electrons. The number of aliphatic hydroxyl groups excluding tert-OH is 1. The molecule has 1 amide bonds. The largest absolute Gasteiger partial charge is 0.480 e. The molecule has 0 aliphatic carbocycles. The molecule has 6 nitrogen and oxygen atoms in total. The summed E-state index contributed by atoms with van der Waals surface area (Å²) in [5.74, 6) is -1.71. The molecule has 0 rings (SSSR count). The van der Waals surface area contributed by atoms with E-state index in [4.69, 9.17) is 10.2 Å². The first-order valence-corrected chi connectivity index (χ1v) is 5.16. The summed E-state index contributed by atoms with van der Waals surface area (Å²) < 4.78 is 0. The summed E-state index contributed by atoms with van der Waals surface area (Å²) in [4.78, 5) is 32.8. The number of hydrogen-bond acceptors (Lipinski definition) is 4. The second-order valence-electron chi connectivity index (χ2n) is 3.36. The number of carbonyl (C=O) groups is 3. The number of nitrogens with one attached hydrogen (secondary N) is 1. The van der Waals surface area contributed by atoms with Gasteiger partial charge in [0.2, 0.25) is 5.91 Å². The van der Waals surface area contributed by atoms with Gasteiger partial charge < -0.3 is 15.5 Å². The zero-order valence-electron chi connectivity index (χ0n) is 9.23. The Balaban J connectivity index is 4.00. The van der Waals surface area contributed by atoms with Gasteiger partial charge >= 0.3 is 5.97 Å². The SMILES string of the molecule is CCC(=O)CCC(=O)N[C@@H](CCO)C(=O)O. The predicted molar refractivity (Wildman–Crippen MR) is 55.8 cm³/mol. The molecule has 0 aromatic rings. The van der Waals surface area contributed by atoms with Gasteiger partial charge in [-0.1, -0.05) is 6.92 Å². The highest BCUT2D eigenvalue weighted by molar-refractivity contribution is 5.87. The molecule has 0 unspecified atom stereocenters. The normalized spacial score (nSPS) is 11.9. The number of hydrogen-bond donors (Lipinski definition) is 3. The minimum absolute atomic E-state index is 0.0120. The molecule has 0 spiro atoms. The summed E-state index contributed by atoms with van der Waals surface area (Å²) in [7, 11) is 0. The van der Waals surface area contributed by atoms with E-state index < -0.39 is 17.9 Å². The number of carboxylic acid groups (broad SMARTS) is 1. The summed E-state index contributed by atoms with van der Waals surface area (Å²) in [6.45, 7) is 1.39. The van der Waals surface area contributed by atoms with Gasteiger partial charge in [-0.3, -0.25) is 9.59 Å². The maximum absolute atomic E-state index is 11.2. The van der Waals surface area contributed by atoms with Gasteiger partial charge in [0.25, 0.3) is 0 Å². The molecule has 6 heteroatoms.